The van der Waals surface area contributed by atoms with Gasteiger partial charge in [-0.3, -0.25) is 0 Å². The SMILES string of the molecule is Cc1c(Br)sc2c(Cl)nc(Cl)nc12. The normalized spacial score (nSPS) is 11.1. The Bertz CT molecular complexity index is 483. The Hall–Kier alpha value is 0.1000. The van der Waals surface area contributed by atoms with Crippen LogP contribution >= 0.6 is 50.5 Å². The largest absolute Gasteiger partial charge is 0.224 e. The molecule has 6 heteroatoms. The van der Waals surface area contributed by atoms with Crippen LogP contribution < -0.4 is 0 Å². The van der Waals surface area contributed by atoms with Gasteiger partial charge < -0.3 is 0 Å². The Balaban J connectivity index is 2.94. The molecule has 0 aliphatic heterocycles. The predicted molar refractivity (Wildman–Crippen MR) is 59.9 cm³/mol. The van der Waals surface area contributed by atoms with Crippen molar-refractivity contribution in [2.45, 2.75) is 6.92 Å². The average molecular weight is 298 g/mol. The van der Waals surface area contributed by atoms with Crippen molar-refractivity contribution in [2.75, 3.05) is 0 Å². The van der Waals surface area contributed by atoms with Crippen LogP contribution in [-0.2, 0) is 0 Å². The van der Waals surface area contributed by atoms with Crippen molar-refractivity contribution in [3.05, 3.63) is 19.8 Å². The Kier molecular flexibility index (Phi) is 2.49. The molecule has 2 aromatic heterocycles. The molecule has 2 aromatic rings. The van der Waals surface area contributed by atoms with Gasteiger partial charge in [-0.25, -0.2) is 9.97 Å². The van der Waals surface area contributed by atoms with Gasteiger partial charge in [0.2, 0.25) is 5.28 Å². The molecule has 0 saturated carbocycles. The van der Waals surface area contributed by atoms with Gasteiger partial charge in [-0.05, 0) is 34.5 Å². The van der Waals surface area contributed by atoms with E-state index in [1.165, 1.54) is 11.3 Å². The Labute approximate surface area is 97.0 Å². The number of aryl methyl sites for hydroxylation is 1. The molecule has 0 bridgehead atoms. The summed E-state index contributed by atoms with van der Waals surface area (Å²) in [5.41, 5.74) is 1.87. The van der Waals surface area contributed by atoms with Crippen molar-refractivity contribution in [2.24, 2.45) is 0 Å². The average Bonchev–Trinajstić information content (AvgIpc) is 2.32. The highest BCUT2D eigenvalue weighted by Crippen LogP contribution is 2.37. The number of aromatic nitrogens is 2. The van der Waals surface area contributed by atoms with E-state index in [4.69, 9.17) is 23.2 Å². The van der Waals surface area contributed by atoms with E-state index in [1.54, 1.807) is 0 Å². The molecule has 0 aliphatic rings. The maximum Gasteiger partial charge on any atom is 0.224 e. The minimum absolute atomic E-state index is 0.186. The fourth-order valence-corrected chi connectivity index (χ4v) is 3.03. The molecule has 0 unspecified atom stereocenters. The first kappa shape index (κ1) is 9.65. The summed E-state index contributed by atoms with van der Waals surface area (Å²) in [4.78, 5) is 7.97. The highest BCUT2D eigenvalue weighted by Gasteiger charge is 2.12. The molecule has 0 spiro atoms. The number of nitrogens with zero attached hydrogens (tertiary/aromatic N) is 2. The Morgan fingerprint density at radius 1 is 1.31 bits per heavy atom. The van der Waals surface area contributed by atoms with E-state index in [1.807, 2.05) is 6.92 Å². The first-order chi connectivity index (χ1) is 6.09. The first-order valence-electron chi connectivity index (χ1n) is 3.37. The lowest BCUT2D eigenvalue weighted by molar-refractivity contribution is 1.22. The zero-order chi connectivity index (χ0) is 9.59. The lowest BCUT2D eigenvalue weighted by Crippen LogP contribution is -1.83. The molecule has 2 rings (SSSR count). The van der Waals surface area contributed by atoms with E-state index in [2.05, 4.69) is 25.9 Å². The number of thiophene rings is 1. The summed E-state index contributed by atoms with van der Waals surface area (Å²) in [6.45, 7) is 1.96. The van der Waals surface area contributed by atoms with Crippen LogP contribution in [0.3, 0.4) is 0 Å². The monoisotopic (exact) mass is 296 g/mol. The van der Waals surface area contributed by atoms with E-state index in [-0.39, 0.29) is 5.28 Å². The zero-order valence-electron chi connectivity index (χ0n) is 6.44. The van der Waals surface area contributed by atoms with Crippen molar-refractivity contribution in [1.82, 2.24) is 9.97 Å². The summed E-state index contributed by atoms with van der Waals surface area (Å²) in [6, 6.07) is 0. The van der Waals surface area contributed by atoms with Gasteiger partial charge >= 0.3 is 0 Å². The molecule has 0 aromatic carbocycles. The van der Waals surface area contributed by atoms with Crippen LogP contribution in [0.5, 0.6) is 0 Å². The van der Waals surface area contributed by atoms with Gasteiger partial charge in [0.05, 0.1) is 14.0 Å². The molecule has 0 radical (unpaired) electrons. The molecule has 0 fully saturated rings. The van der Waals surface area contributed by atoms with Gasteiger partial charge in [-0.2, -0.15) is 0 Å². The maximum atomic E-state index is 5.90. The second-order valence-electron chi connectivity index (χ2n) is 2.46. The number of halogens is 3. The molecule has 0 amide bonds. The standard InChI is InChI=1S/C7H3BrCl2N2S/c1-2-3-4(13-5(2)8)6(9)12-7(10)11-3/h1H3. The highest BCUT2D eigenvalue weighted by molar-refractivity contribution is 9.11. The summed E-state index contributed by atoms with van der Waals surface area (Å²) in [5, 5.41) is 0.597. The van der Waals surface area contributed by atoms with Crippen LogP contribution in [0.1, 0.15) is 5.56 Å². The van der Waals surface area contributed by atoms with E-state index >= 15 is 0 Å². The molecule has 13 heavy (non-hydrogen) atoms. The molecule has 0 N–H and O–H groups in total. The Morgan fingerprint density at radius 2 is 2.00 bits per heavy atom. The predicted octanol–water partition coefficient (Wildman–Crippen LogP) is 4.07. The number of rotatable bonds is 0. The van der Waals surface area contributed by atoms with Crippen molar-refractivity contribution in [3.8, 4) is 0 Å². The third kappa shape index (κ3) is 1.56. The second-order valence-corrected chi connectivity index (χ2v) is 5.50. The van der Waals surface area contributed by atoms with Crippen molar-refractivity contribution in [1.29, 1.82) is 0 Å². The van der Waals surface area contributed by atoms with E-state index < -0.39 is 0 Å². The van der Waals surface area contributed by atoms with E-state index in [0.717, 1.165) is 19.6 Å². The van der Waals surface area contributed by atoms with Crippen LogP contribution in [-0.4, -0.2) is 9.97 Å². The molecule has 2 nitrogen and oxygen atoms in total. The second kappa shape index (κ2) is 3.35. The van der Waals surface area contributed by atoms with Gasteiger partial charge in [0, 0.05) is 5.56 Å². The van der Waals surface area contributed by atoms with Gasteiger partial charge in [-0.1, -0.05) is 11.6 Å². The molecular weight excluding hydrogens is 295 g/mol. The topological polar surface area (TPSA) is 25.8 Å². The summed E-state index contributed by atoms with van der Waals surface area (Å²) < 4.78 is 1.89. The molecule has 68 valence electrons. The van der Waals surface area contributed by atoms with Gasteiger partial charge in [-0.15, -0.1) is 11.3 Å². The third-order valence-electron chi connectivity index (χ3n) is 1.64. The van der Waals surface area contributed by atoms with Crippen LogP contribution in [0, 0.1) is 6.92 Å². The minimum atomic E-state index is 0.186. The minimum Gasteiger partial charge on any atom is -0.217 e. The number of hydrogen-bond donors (Lipinski definition) is 0. The summed E-state index contributed by atoms with van der Waals surface area (Å²) >= 11 is 16.5. The van der Waals surface area contributed by atoms with Crippen molar-refractivity contribution < 1.29 is 0 Å². The fraction of sp³-hybridized carbons (Fsp3) is 0.143. The molecule has 0 aliphatic carbocycles. The smallest absolute Gasteiger partial charge is 0.217 e. The lowest BCUT2D eigenvalue weighted by atomic mass is 10.3. The van der Waals surface area contributed by atoms with Crippen LogP contribution in [0.15, 0.2) is 3.79 Å². The zero-order valence-corrected chi connectivity index (χ0v) is 10.4. The van der Waals surface area contributed by atoms with Gasteiger partial charge in [0.25, 0.3) is 0 Å². The molecule has 2 heterocycles. The van der Waals surface area contributed by atoms with Crippen LogP contribution in [0.25, 0.3) is 10.2 Å². The fourth-order valence-electron chi connectivity index (χ4n) is 1.00. The van der Waals surface area contributed by atoms with Crippen LogP contribution in [0.4, 0.5) is 0 Å². The molecule has 0 atom stereocenters. The van der Waals surface area contributed by atoms with Crippen molar-refractivity contribution in [3.63, 3.8) is 0 Å². The Morgan fingerprint density at radius 3 is 2.69 bits per heavy atom. The maximum absolute atomic E-state index is 5.90. The number of hydrogen-bond acceptors (Lipinski definition) is 3. The number of fused-ring (bicyclic) bond motifs is 1. The van der Waals surface area contributed by atoms with Gasteiger partial charge in [0.15, 0.2) is 5.15 Å². The quantitative estimate of drug-likeness (QED) is 0.541. The van der Waals surface area contributed by atoms with Gasteiger partial charge in [0.1, 0.15) is 0 Å². The summed E-state index contributed by atoms with van der Waals surface area (Å²) in [6.07, 6.45) is 0. The van der Waals surface area contributed by atoms with E-state index in [0.29, 0.717) is 5.15 Å². The summed E-state index contributed by atoms with van der Waals surface area (Å²) in [5.74, 6) is 0. The first-order valence-corrected chi connectivity index (χ1v) is 5.74. The van der Waals surface area contributed by atoms with E-state index in [9.17, 15) is 0 Å². The lowest BCUT2D eigenvalue weighted by Gasteiger charge is -1.93. The third-order valence-corrected chi connectivity index (χ3v) is 4.35. The van der Waals surface area contributed by atoms with Crippen molar-refractivity contribution >= 4 is 60.7 Å². The highest BCUT2D eigenvalue weighted by atomic mass is 79.9. The molecular formula is C7H3BrCl2N2S. The summed E-state index contributed by atoms with van der Waals surface area (Å²) in [7, 11) is 0. The molecule has 0 saturated heterocycles. The van der Waals surface area contributed by atoms with Crippen LogP contribution in [0.2, 0.25) is 10.4 Å².